The third-order valence-corrected chi connectivity index (χ3v) is 2.70. The Bertz CT molecular complexity index is 618. The van der Waals surface area contributed by atoms with E-state index < -0.39 is 5.54 Å². The summed E-state index contributed by atoms with van der Waals surface area (Å²) in [6.07, 6.45) is 1.60. The van der Waals surface area contributed by atoms with Gasteiger partial charge < -0.3 is 11.1 Å². The highest BCUT2D eigenvalue weighted by Gasteiger charge is 2.16. The maximum atomic E-state index is 11.9. The van der Waals surface area contributed by atoms with E-state index in [9.17, 15) is 4.79 Å². The van der Waals surface area contributed by atoms with Crippen LogP contribution in [0.15, 0.2) is 30.5 Å². The van der Waals surface area contributed by atoms with Gasteiger partial charge in [-0.05, 0) is 38.5 Å². The van der Waals surface area contributed by atoms with E-state index >= 15 is 0 Å². The summed E-state index contributed by atoms with van der Waals surface area (Å²) in [5, 5.41) is 10.6. The van der Waals surface area contributed by atoms with Crippen LogP contribution in [0.25, 0.3) is 5.69 Å². The average molecular weight is 310 g/mol. The van der Waals surface area contributed by atoms with Crippen LogP contribution in [0.4, 0.5) is 0 Å². The quantitative estimate of drug-likeness (QED) is 0.895. The Hall–Kier alpha value is -1.92. The molecule has 1 aromatic heterocycles. The fourth-order valence-corrected chi connectivity index (χ4v) is 1.66. The number of nitrogens with zero attached hydrogens (tertiary/aromatic N) is 3. The van der Waals surface area contributed by atoms with Crippen molar-refractivity contribution in [1.82, 2.24) is 20.3 Å². The number of hydrogen-bond donors (Lipinski definition) is 2. The number of aromatic nitrogens is 3. The number of amides is 1. The third kappa shape index (κ3) is 4.84. The second-order valence-electron chi connectivity index (χ2n) is 5.56. The molecule has 21 heavy (non-hydrogen) atoms. The molecule has 2 aromatic rings. The first-order valence-corrected chi connectivity index (χ1v) is 6.42. The standard InChI is InChI=1S/C14H19N5O.ClH/c1-10-5-4-6-11(7-10)19-8-12(17-18-19)13(20)16-9-14(2,3)15;/h4-8H,9,15H2,1-3H3,(H,16,20);1H. The molecule has 1 aromatic carbocycles. The molecule has 6 nitrogen and oxygen atoms in total. The first kappa shape index (κ1) is 17.1. The van der Waals surface area contributed by atoms with Gasteiger partial charge in [-0.25, -0.2) is 4.68 Å². The van der Waals surface area contributed by atoms with Crippen molar-refractivity contribution in [3.05, 3.63) is 41.7 Å². The Morgan fingerprint density at radius 1 is 1.43 bits per heavy atom. The van der Waals surface area contributed by atoms with Crippen molar-refractivity contribution in [3.8, 4) is 5.69 Å². The van der Waals surface area contributed by atoms with E-state index in [1.165, 1.54) is 0 Å². The Morgan fingerprint density at radius 3 is 2.76 bits per heavy atom. The molecule has 114 valence electrons. The molecular formula is C14H20ClN5O. The van der Waals surface area contributed by atoms with Gasteiger partial charge in [-0.1, -0.05) is 17.3 Å². The molecule has 1 heterocycles. The summed E-state index contributed by atoms with van der Waals surface area (Å²) in [6, 6.07) is 7.81. The lowest BCUT2D eigenvalue weighted by Crippen LogP contribution is -2.45. The Morgan fingerprint density at radius 2 is 2.14 bits per heavy atom. The molecule has 0 saturated carbocycles. The lowest BCUT2D eigenvalue weighted by Gasteiger charge is -2.18. The van der Waals surface area contributed by atoms with Crippen molar-refractivity contribution >= 4 is 18.3 Å². The molecule has 0 atom stereocenters. The number of aryl methyl sites for hydroxylation is 1. The number of carbonyl (C=O) groups is 1. The van der Waals surface area contributed by atoms with Gasteiger partial charge in [0.2, 0.25) is 0 Å². The van der Waals surface area contributed by atoms with E-state index in [2.05, 4.69) is 15.6 Å². The minimum absolute atomic E-state index is 0. The Balaban J connectivity index is 0.00000220. The summed E-state index contributed by atoms with van der Waals surface area (Å²) in [5.74, 6) is -0.276. The van der Waals surface area contributed by atoms with Crippen LogP contribution in [0, 0.1) is 6.92 Å². The molecule has 2 rings (SSSR count). The first-order valence-electron chi connectivity index (χ1n) is 6.42. The van der Waals surface area contributed by atoms with Gasteiger partial charge in [0.15, 0.2) is 5.69 Å². The summed E-state index contributed by atoms with van der Waals surface area (Å²) in [4.78, 5) is 11.9. The van der Waals surface area contributed by atoms with Crippen LogP contribution < -0.4 is 11.1 Å². The molecule has 0 aliphatic heterocycles. The van der Waals surface area contributed by atoms with E-state index in [4.69, 9.17) is 5.73 Å². The highest BCUT2D eigenvalue weighted by Crippen LogP contribution is 2.09. The zero-order chi connectivity index (χ0) is 14.8. The minimum Gasteiger partial charge on any atom is -0.349 e. The number of hydrogen-bond acceptors (Lipinski definition) is 4. The molecule has 0 aliphatic rings. The number of nitrogens with two attached hydrogens (primary N) is 1. The lowest BCUT2D eigenvalue weighted by molar-refractivity contribution is 0.0941. The molecule has 0 fully saturated rings. The summed E-state index contributed by atoms with van der Waals surface area (Å²) >= 11 is 0. The Labute approximate surface area is 130 Å². The second kappa shape index (κ2) is 6.69. The van der Waals surface area contributed by atoms with Crippen LogP contribution >= 0.6 is 12.4 Å². The first-order chi connectivity index (χ1) is 9.35. The lowest BCUT2D eigenvalue weighted by atomic mass is 10.1. The number of halogens is 1. The topological polar surface area (TPSA) is 85.8 Å². The maximum Gasteiger partial charge on any atom is 0.273 e. The zero-order valence-electron chi connectivity index (χ0n) is 12.3. The highest BCUT2D eigenvalue weighted by molar-refractivity contribution is 5.91. The van der Waals surface area contributed by atoms with Crippen molar-refractivity contribution in [3.63, 3.8) is 0 Å². The number of carbonyl (C=O) groups excluding carboxylic acids is 1. The van der Waals surface area contributed by atoms with Crippen LogP contribution in [-0.4, -0.2) is 33.0 Å². The minimum atomic E-state index is -0.456. The van der Waals surface area contributed by atoms with Gasteiger partial charge in [-0.15, -0.1) is 17.5 Å². The van der Waals surface area contributed by atoms with Gasteiger partial charge in [0.1, 0.15) is 0 Å². The van der Waals surface area contributed by atoms with Gasteiger partial charge in [-0.2, -0.15) is 0 Å². The van der Waals surface area contributed by atoms with Crippen LogP contribution in [-0.2, 0) is 0 Å². The molecule has 7 heteroatoms. The van der Waals surface area contributed by atoms with Crippen LogP contribution in [0.3, 0.4) is 0 Å². The maximum absolute atomic E-state index is 11.9. The van der Waals surface area contributed by atoms with Gasteiger partial charge >= 0.3 is 0 Å². The van der Waals surface area contributed by atoms with Crippen molar-refractivity contribution in [2.24, 2.45) is 5.73 Å². The van der Waals surface area contributed by atoms with E-state index in [0.29, 0.717) is 6.54 Å². The van der Waals surface area contributed by atoms with Crippen LogP contribution in [0.1, 0.15) is 29.9 Å². The van der Waals surface area contributed by atoms with Crippen LogP contribution in [0.5, 0.6) is 0 Å². The molecule has 0 radical (unpaired) electrons. The van der Waals surface area contributed by atoms with E-state index in [1.807, 2.05) is 45.0 Å². The predicted octanol–water partition coefficient (Wildman–Crippen LogP) is 1.46. The fraction of sp³-hybridized carbons (Fsp3) is 0.357. The SMILES string of the molecule is Cc1cccc(-n2cc(C(=O)NCC(C)(C)N)nn2)c1.Cl. The van der Waals surface area contributed by atoms with Crippen molar-refractivity contribution in [2.75, 3.05) is 6.54 Å². The summed E-state index contributed by atoms with van der Waals surface area (Å²) < 4.78 is 1.58. The highest BCUT2D eigenvalue weighted by atomic mass is 35.5. The van der Waals surface area contributed by atoms with Crippen molar-refractivity contribution in [1.29, 1.82) is 0 Å². The van der Waals surface area contributed by atoms with E-state index in [1.54, 1.807) is 10.9 Å². The van der Waals surface area contributed by atoms with Crippen LogP contribution in [0.2, 0.25) is 0 Å². The van der Waals surface area contributed by atoms with E-state index in [-0.39, 0.29) is 24.0 Å². The second-order valence-corrected chi connectivity index (χ2v) is 5.56. The van der Waals surface area contributed by atoms with Crippen molar-refractivity contribution in [2.45, 2.75) is 26.3 Å². The molecule has 0 unspecified atom stereocenters. The molecule has 0 bridgehead atoms. The summed E-state index contributed by atoms with van der Waals surface area (Å²) in [5.41, 5.74) is 7.63. The van der Waals surface area contributed by atoms with Gasteiger partial charge in [-0.3, -0.25) is 4.79 Å². The monoisotopic (exact) mass is 309 g/mol. The summed E-state index contributed by atoms with van der Waals surface area (Å²) in [7, 11) is 0. The van der Waals surface area contributed by atoms with E-state index in [0.717, 1.165) is 11.3 Å². The Kier molecular flexibility index (Phi) is 5.46. The smallest absolute Gasteiger partial charge is 0.273 e. The average Bonchev–Trinajstić information content (AvgIpc) is 2.84. The number of benzene rings is 1. The largest absolute Gasteiger partial charge is 0.349 e. The van der Waals surface area contributed by atoms with Gasteiger partial charge in [0.05, 0.1) is 11.9 Å². The molecule has 3 N–H and O–H groups in total. The molecule has 0 spiro atoms. The van der Waals surface area contributed by atoms with Crippen molar-refractivity contribution < 1.29 is 4.79 Å². The molecule has 0 aliphatic carbocycles. The zero-order valence-corrected chi connectivity index (χ0v) is 13.1. The molecule has 1 amide bonds. The number of rotatable bonds is 4. The fourth-order valence-electron chi connectivity index (χ4n) is 1.66. The molecular weight excluding hydrogens is 290 g/mol. The number of nitrogens with one attached hydrogen (secondary N) is 1. The third-order valence-electron chi connectivity index (χ3n) is 2.70. The predicted molar refractivity (Wildman–Crippen MR) is 83.9 cm³/mol. The van der Waals surface area contributed by atoms with Gasteiger partial charge in [0.25, 0.3) is 5.91 Å². The summed E-state index contributed by atoms with van der Waals surface area (Å²) in [6.45, 7) is 6.06. The van der Waals surface area contributed by atoms with Gasteiger partial charge in [0, 0.05) is 12.1 Å². The normalized spacial score (nSPS) is 10.9. The molecule has 0 saturated heterocycles.